The largest absolute Gasteiger partial charge is 0.488 e. The number of carbonyl (C=O) groups excluding carboxylic acids is 1. The third-order valence-corrected chi connectivity index (χ3v) is 11.6. The summed E-state index contributed by atoms with van der Waals surface area (Å²) in [4.78, 5) is 17.5. The smallest absolute Gasteiger partial charge is 0.417 e. The Morgan fingerprint density at radius 2 is 1.79 bits per heavy atom. The van der Waals surface area contributed by atoms with Crippen molar-refractivity contribution in [3.8, 4) is 5.75 Å². The van der Waals surface area contributed by atoms with E-state index >= 15 is 0 Å². The van der Waals surface area contributed by atoms with Crippen LogP contribution in [0.15, 0.2) is 78.0 Å². The van der Waals surface area contributed by atoms with E-state index in [1.165, 1.54) is 4.31 Å². The van der Waals surface area contributed by atoms with E-state index in [0.29, 0.717) is 30.4 Å². The Kier molecular flexibility index (Phi) is 9.92. The van der Waals surface area contributed by atoms with Crippen LogP contribution in [0.2, 0.25) is 0 Å². The van der Waals surface area contributed by atoms with Crippen molar-refractivity contribution in [3.05, 3.63) is 112 Å². The fraction of sp³-hybridized carbons (Fsp3) is 0.368. The number of carbonyl (C=O) groups is 1. The number of hydrogen-bond donors (Lipinski definition) is 1. The molecule has 3 aromatic carbocycles. The Bertz CT molecular complexity index is 2250. The third kappa shape index (κ3) is 7.01. The second kappa shape index (κ2) is 14.0. The SMILES string of the molecule is CC[C@@H]1CN(Cc2cc([C@@H](c3ccc4c(nnn4CC)c3C)C(C)(C)NC(=O)c3cncc(C(F)(F)F)c3)ccc2C)S(=O)(=O)c2ccccc2O1. The number of pyridine rings is 1. The average Bonchev–Trinajstić information content (AvgIpc) is 3.49. The molecule has 274 valence electrons. The minimum absolute atomic E-state index is 0.0639. The number of aromatic nitrogens is 4. The Labute approximate surface area is 301 Å². The summed E-state index contributed by atoms with van der Waals surface area (Å²) < 4.78 is 78.0. The lowest BCUT2D eigenvalue weighted by Crippen LogP contribution is -2.48. The number of hydrogen-bond acceptors (Lipinski definition) is 7. The maximum atomic E-state index is 14.0. The van der Waals surface area contributed by atoms with Crippen LogP contribution in [0.25, 0.3) is 11.0 Å². The number of para-hydroxylation sites is 1. The van der Waals surface area contributed by atoms with Gasteiger partial charge < -0.3 is 10.1 Å². The zero-order valence-electron chi connectivity index (χ0n) is 29.8. The van der Waals surface area contributed by atoms with E-state index in [4.69, 9.17) is 4.74 Å². The molecular weight excluding hydrogens is 694 g/mol. The summed E-state index contributed by atoms with van der Waals surface area (Å²) in [6, 6.07) is 17.1. The number of ether oxygens (including phenoxy) is 1. The van der Waals surface area contributed by atoms with Crippen LogP contribution in [-0.2, 0) is 29.3 Å². The van der Waals surface area contributed by atoms with Gasteiger partial charge in [0.05, 0.1) is 23.2 Å². The highest BCUT2D eigenvalue weighted by atomic mass is 32.2. The number of nitrogens with zero attached hydrogens (tertiary/aromatic N) is 5. The van der Waals surface area contributed by atoms with Gasteiger partial charge in [-0.15, -0.1) is 5.10 Å². The van der Waals surface area contributed by atoms with Crippen LogP contribution in [0.5, 0.6) is 5.75 Å². The first-order chi connectivity index (χ1) is 24.5. The molecule has 0 fully saturated rings. The molecule has 1 amide bonds. The van der Waals surface area contributed by atoms with Gasteiger partial charge in [-0.1, -0.05) is 48.5 Å². The fourth-order valence-electron chi connectivity index (χ4n) is 6.91. The number of halogens is 3. The molecule has 6 rings (SSSR count). The molecular formula is C38H41F3N6O4S. The molecule has 0 saturated heterocycles. The Balaban J connectivity index is 1.45. The van der Waals surface area contributed by atoms with Crippen LogP contribution >= 0.6 is 0 Å². The molecule has 2 aromatic heterocycles. The van der Waals surface area contributed by atoms with Gasteiger partial charge in [-0.2, -0.15) is 17.5 Å². The maximum absolute atomic E-state index is 14.0. The highest BCUT2D eigenvalue weighted by Gasteiger charge is 2.38. The number of alkyl halides is 3. The standard InChI is InChI=1S/C38H41F3N6O4S/c1-7-29-22-46(52(49,50)33-12-10-9-11-32(33)51-29)21-27-17-25(14-13-23(27)3)34(30-15-16-31-35(24(30)4)44-45-47(31)8-2)37(5,6)43-36(48)26-18-28(20-42-19-26)38(39,40)41/h9-20,29,34H,7-8,21-22H2,1-6H3,(H,43,48)/t29-,34+/m1/s1. The van der Waals surface area contributed by atoms with Crippen molar-refractivity contribution in [2.24, 2.45) is 0 Å². The molecule has 0 radical (unpaired) electrons. The van der Waals surface area contributed by atoms with Crippen molar-refractivity contribution in [2.75, 3.05) is 6.54 Å². The molecule has 0 saturated carbocycles. The quantitative estimate of drug-likeness (QED) is 0.170. The molecule has 1 N–H and O–H groups in total. The average molecular weight is 735 g/mol. The second-order valence-corrected chi connectivity index (χ2v) is 15.6. The van der Waals surface area contributed by atoms with Gasteiger partial charge >= 0.3 is 6.18 Å². The maximum Gasteiger partial charge on any atom is 0.417 e. The van der Waals surface area contributed by atoms with Gasteiger partial charge in [0, 0.05) is 36.9 Å². The number of nitrogens with one attached hydrogen (secondary N) is 1. The normalized spacial score (nSPS) is 16.9. The molecule has 0 spiro atoms. The fourth-order valence-corrected chi connectivity index (χ4v) is 8.48. The summed E-state index contributed by atoms with van der Waals surface area (Å²) in [6.45, 7) is 12.2. The molecule has 10 nitrogen and oxygen atoms in total. The predicted octanol–water partition coefficient (Wildman–Crippen LogP) is 7.18. The zero-order chi connectivity index (χ0) is 37.6. The minimum Gasteiger partial charge on any atom is -0.488 e. The van der Waals surface area contributed by atoms with Crippen molar-refractivity contribution in [3.63, 3.8) is 0 Å². The van der Waals surface area contributed by atoms with E-state index in [1.807, 2.05) is 71.9 Å². The van der Waals surface area contributed by atoms with E-state index in [9.17, 15) is 26.4 Å². The summed E-state index contributed by atoms with van der Waals surface area (Å²) in [7, 11) is -3.94. The molecule has 0 aliphatic carbocycles. The van der Waals surface area contributed by atoms with Crippen molar-refractivity contribution in [2.45, 2.75) is 89.7 Å². The Morgan fingerprint density at radius 1 is 1.04 bits per heavy atom. The highest BCUT2D eigenvalue weighted by Crippen LogP contribution is 2.40. The number of benzene rings is 3. The molecule has 0 bridgehead atoms. The van der Waals surface area contributed by atoms with Gasteiger partial charge in [0.15, 0.2) is 0 Å². The molecule has 3 heterocycles. The van der Waals surface area contributed by atoms with Crippen LogP contribution in [0.3, 0.4) is 0 Å². The van der Waals surface area contributed by atoms with Gasteiger partial charge in [-0.25, -0.2) is 13.1 Å². The second-order valence-electron chi connectivity index (χ2n) is 13.7. The molecule has 1 aliphatic heterocycles. The minimum atomic E-state index is -4.67. The van der Waals surface area contributed by atoms with Crippen molar-refractivity contribution < 1.29 is 31.1 Å². The van der Waals surface area contributed by atoms with E-state index in [1.54, 1.807) is 28.9 Å². The van der Waals surface area contributed by atoms with Crippen molar-refractivity contribution in [1.82, 2.24) is 29.6 Å². The van der Waals surface area contributed by atoms with E-state index < -0.39 is 39.1 Å². The molecule has 14 heteroatoms. The summed E-state index contributed by atoms with van der Waals surface area (Å²) in [5.41, 5.74) is 3.16. The summed E-state index contributed by atoms with van der Waals surface area (Å²) in [6.07, 6.45) is -2.65. The first-order valence-electron chi connectivity index (χ1n) is 17.1. The number of rotatable bonds is 9. The van der Waals surface area contributed by atoms with Gasteiger partial charge in [0.2, 0.25) is 10.0 Å². The molecule has 52 heavy (non-hydrogen) atoms. The van der Waals surface area contributed by atoms with Crippen LogP contribution in [0.4, 0.5) is 13.2 Å². The molecule has 1 aliphatic rings. The van der Waals surface area contributed by atoms with E-state index in [2.05, 4.69) is 20.6 Å². The predicted molar refractivity (Wildman–Crippen MR) is 190 cm³/mol. The monoisotopic (exact) mass is 734 g/mol. The van der Waals surface area contributed by atoms with Gasteiger partial charge in [-0.3, -0.25) is 9.78 Å². The van der Waals surface area contributed by atoms with Gasteiger partial charge in [0.25, 0.3) is 5.91 Å². The summed E-state index contributed by atoms with van der Waals surface area (Å²) in [5, 5.41) is 11.7. The molecule has 0 unspecified atom stereocenters. The Morgan fingerprint density at radius 3 is 2.50 bits per heavy atom. The summed E-state index contributed by atoms with van der Waals surface area (Å²) in [5.74, 6) is -0.975. The van der Waals surface area contributed by atoms with E-state index in [-0.39, 0.29) is 29.7 Å². The van der Waals surface area contributed by atoms with Gasteiger partial charge in [0.1, 0.15) is 22.3 Å². The molecule has 5 aromatic rings. The first-order valence-corrected chi connectivity index (χ1v) is 18.5. The number of aryl methyl sites for hydroxylation is 3. The number of amides is 1. The third-order valence-electron chi connectivity index (χ3n) is 9.75. The van der Waals surface area contributed by atoms with E-state index in [0.717, 1.165) is 45.6 Å². The van der Waals surface area contributed by atoms with Crippen LogP contribution < -0.4 is 10.1 Å². The lowest BCUT2D eigenvalue weighted by molar-refractivity contribution is -0.137. The van der Waals surface area contributed by atoms with Gasteiger partial charge in [-0.05, 0) is 93.1 Å². The molecule has 2 atom stereocenters. The summed E-state index contributed by atoms with van der Waals surface area (Å²) >= 11 is 0. The van der Waals surface area contributed by atoms with Crippen LogP contribution in [0, 0.1) is 13.8 Å². The van der Waals surface area contributed by atoms with Crippen molar-refractivity contribution in [1.29, 1.82) is 0 Å². The lowest BCUT2D eigenvalue weighted by Gasteiger charge is -2.37. The first kappa shape index (κ1) is 37.0. The number of fused-ring (bicyclic) bond motifs is 2. The topological polar surface area (TPSA) is 119 Å². The van der Waals surface area contributed by atoms with Crippen LogP contribution in [0.1, 0.15) is 83.8 Å². The van der Waals surface area contributed by atoms with Crippen molar-refractivity contribution >= 4 is 27.0 Å². The lowest BCUT2D eigenvalue weighted by atomic mass is 9.74. The van der Waals surface area contributed by atoms with Crippen LogP contribution in [-0.4, -0.2) is 56.8 Å². The highest BCUT2D eigenvalue weighted by molar-refractivity contribution is 7.89. The zero-order valence-corrected chi connectivity index (χ0v) is 30.6. The number of sulfonamides is 1. The Hall–Kier alpha value is -4.82.